The standard InChI is InChI=1S/C29H23BrFN3O8/c1-3-41-23-14-16(13-20(30)25(23)42-15-24(35)32-22-7-5-4-6-21(22)31)12-19-26(36)33-29(39)34(27(19)37)18-10-8-17(9-11-18)28(38)40-2/h4-14H,3,15H2,1-2H3,(H,32,35)(H,33,36,39)/b19-12-. The van der Waals surface area contributed by atoms with E-state index in [2.05, 4.69) is 31.3 Å². The van der Waals surface area contributed by atoms with E-state index in [9.17, 15) is 28.4 Å². The van der Waals surface area contributed by atoms with Crippen LogP contribution in [0.25, 0.3) is 6.08 Å². The van der Waals surface area contributed by atoms with Crippen molar-refractivity contribution >= 4 is 63.1 Å². The van der Waals surface area contributed by atoms with Gasteiger partial charge in [-0.05, 0) is 83.0 Å². The molecular weight excluding hydrogens is 617 g/mol. The van der Waals surface area contributed by atoms with E-state index in [1.54, 1.807) is 13.0 Å². The monoisotopic (exact) mass is 639 g/mol. The molecule has 11 nitrogen and oxygen atoms in total. The Labute approximate surface area is 247 Å². The lowest BCUT2D eigenvalue weighted by Crippen LogP contribution is -2.54. The molecule has 1 aliphatic heterocycles. The Kier molecular flexibility index (Phi) is 9.32. The number of halogens is 2. The summed E-state index contributed by atoms with van der Waals surface area (Å²) in [4.78, 5) is 63.3. The van der Waals surface area contributed by atoms with Crippen LogP contribution in [0.5, 0.6) is 11.5 Å². The Balaban J connectivity index is 1.58. The molecule has 42 heavy (non-hydrogen) atoms. The van der Waals surface area contributed by atoms with Crippen LogP contribution in [0.1, 0.15) is 22.8 Å². The number of ether oxygens (including phenoxy) is 3. The van der Waals surface area contributed by atoms with Gasteiger partial charge in [-0.1, -0.05) is 12.1 Å². The van der Waals surface area contributed by atoms with E-state index in [4.69, 9.17) is 9.47 Å². The molecule has 3 aromatic rings. The third-order valence-electron chi connectivity index (χ3n) is 5.79. The first-order valence-electron chi connectivity index (χ1n) is 12.4. The topological polar surface area (TPSA) is 140 Å². The first-order valence-corrected chi connectivity index (χ1v) is 13.2. The van der Waals surface area contributed by atoms with Crippen molar-refractivity contribution in [1.82, 2.24) is 5.32 Å². The van der Waals surface area contributed by atoms with E-state index < -0.39 is 42.1 Å². The van der Waals surface area contributed by atoms with Gasteiger partial charge in [0.1, 0.15) is 11.4 Å². The van der Waals surface area contributed by atoms with Crippen LogP contribution in [0, 0.1) is 5.82 Å². The van der Waals surface area contributed by atoms with Crippen molar-refractivity contribution in [2.24, 2.45) is 0 Å². The molecule has 216 valence electrons. The molecule has 3 aromatic carbocycles. The molecule has 0 unspecified atom stereocenters. The number of hydrogen-bond acceptors (Lipinski definition) is 8. The molecule has 1 fully saturated rings. The quantitative estimate of drug-likeness (QED) is 0.199. The molecule has 0 saturated carbocycles. The highest BCUT2D eigenvalue weighted by Crippen LogP contribution is 2.38. The van der Waals surface area contributed by atoms with Crippen LogP contribution in [-0.2, 0) is 19.1 Å². The number of hydrogen-bond donors (Lipinski definition) is 2. The van der Waals surface area contributed by atoms with Crippen LogP contribution in [-0.4, -0.2) is 50.0 Å². The Morgan fingerprint density at radius 2 is 1.76 bits per heavy atom. The number of carbonyl (C=O) groups excluding carboxylic acids is 5. The SMILES string of the molecule is CCOc1cc(/C=C2/C(=O)NC(=O)N(c3ccc(C(=O)OC)cc3)C2=O)cc(Br)c1OCC(=O)Nc1ccccc1F. The first-order chi connectivity index (χ1) is 20.1. The summed E-state index contributed by atoms with van der Waals surface area (Å²) >= 11 is 3.36. The first kappa shape index (κ1) is 29.9. The summed E-state index contributed by atoms with van der Waals surface area (Å²) in [5.74, 6) is -3.27. The largest absolute Gasteiger partial charge is 0.490 e. The lowest BCUT2D eigenvalue weighted by molar-refractivity contribution is -0.122. The minimum absolute atomic E-state index is 0.000436. The summed E-state index contributed by atoms with van der Waals surface area (Å²) in [5, 5.41) is 4.55. The van der Waals surface area contributed by atoms with Gasteiger partial charge in [-0.15, -0.1) is 0 Å². The maximum atomic E-state index is 13.9. The zero-order chi connectivity index (χ0) is 30.4. The number of nitrogens with one attached hydrogen (secondary N) is 2. The summed E-state index contributed by atoms with van der Waals surface area (Å²) in [6.45, 7) is 1.47. The van der Waals surface area contributed by atoms with Crippen LogP contribution < -0.4 is 25.0 Å². The van der Waals surface area contributed by atoms with Crippen molar-refractivity contribution < 1.29 is 42.6 Å². The second-order valence-corrected chi connectivity index (χ2v) is 9.43. The molecule has 13 heteroatoms. The molecule has 1 aliphatic rings. The zero-order valence-corrected chi connectivity index (χ0v) is 23.8. The minimum Gasteiger partial charge on any atom is -0.490 e. The molecule has 1 heterocycles. The Bertz CT molecular complexity index is 1610. The lowest BCUT2D eigenvalue weighted by atomic mass is 10.1. The highest BCUT2D eigenvalue weighted by atomic mass is 79.9. The molecule has 0 aromatic heterocycles. The number of para-hydroxylation sites is 1. The van der Waals surface area contributed by atoms with Gasteiger partial charge in [0.25, 0.3) is 17.7 Å². The third-order valence-corrected chi connectivity index (χ3v) is 6.38. The van der Waals surface area contributed by atoms with Gasteiger partial charge >= 0.3 is 12.0 Å². The number of anilines is 2. The summed E-state index contributed by atoms with van der Waals surface area (Å²) in [5.41, 5.74) is 0.316. The van der Waals surface area contributed by atoms with Crippen LogP contribution in [0.15, 0.2) is 70.7 Å². The maximum absolute atomic E-state index is 13.9. The van der Waals surface area contributed by atoms with Gasteiger partial charge < -0.3 is 19.5 Å². The number of nitrogens with zero attached hydrogens (tertiary/aromatic N) is 1. The number of rotatable bonds is 9. The van der Waals surface area contributed by atoms with Crippen molar-refractivity contribution in [3.05, 3.63) is 87.7 Å². The van der Waals surface area contributed by atoms with Crippen LogP contribution in [0.2, 0.25) is 0 Å². The maximum Gasteiger partial charge on any atom is 0.337 e. The van der Waals surface area contributed by atoms with Gasteiger partial charge in [-0.3, -0.25) is 19.7 Å². The minimum atomic E-state index is -0.957. The van der Waals surface area contributed by atoms with E-state index in [0.29, 0.717) is 10.0 Å². The number of methoxy groups -OCH3 is 1. The van der Waals surface area contributed by atoms with Crippen LogP contribution in [0.4, 0.5) is 20.6 Å². The van der Waals surface area contributed by atoms with Crippen molar-refractivity contribution in [1.29, 1.82) is 0 Å². The van der Waals surface area contributed by atoms with Crippen LogP contribution in [0.3, 0.4) is 0 Å². The fourth-order valence-electron chi connectivity index (χ4n) is 3.88. The number of imide groups is 2. The predicted molar refractivity (Wildman–Crippen MR) is 153 cm³/mol. The molecule has 0 aliphatic carbocycles. The Hall–Kier alpha value is -5.04. The number of benzene rings is 3. The van der Waals surface area contributed by atoms with Crippen molar-refractivity contribution in [2.45, 2.75) is 6.92 Å². The second-order valence-electron chi connectivity index (χ2n) is 8.58. The van der Waals surface area contributed by atoms with E-state index in [1.165, 1.54) is 67.8 Å². The average Bonchev–Trinajstić information content (AvgIpc) is 2.96. The van der Waals surface area contributed by atoms with E-state index >= 15 is 0 Å². The molecule has 4 rings (SSSR count). The van der Waals surface area contributed by atoms with E-state index in [1.807, 2.05) is 0 Å². The highest BCUT2D eigenvalue weighted by Gasteiger charge is 2.37. The molecule has 5 amide bonds. The lowest BCUT2D eigenvalue weighted by Gasteiger charge is -2.26. The molecule has 0 atom stereocenters. The van der Waals surface area contributed by atoms with E-state index in [-0.39, 0.29) is 40.6 Å². The highest BCUT2D eigenvalue weighted by molar-refractivity contribution is 9.10. The second kappa shape index (κ2) is 13.1. The van der Waals surface area contributed by atoms with Gasteiger partial charge in [-0.25, -0.2) is 18.9 Å². The van der Waals surface area contributed by atoms with Gasteiger partial charge in [0.2, 0.25) is 0 Å². The molecule has 1 saturated heterocycles. The average molecular weight is 640 g/mol. The number of carbonyl (C=O) groups is 5. The zero-order valence-electron chi connectivity index (χ0n) is 22.2. The Morgan fingerprint density at radius 3 is 2.43 bits per heavy atom. The third kappa shape index (κ3) is 6.63. The van der Waals surface area contributed by atoms with Gasteiger partial charge in [0.05, 0.1) is 35.1 Å². The fraction of sp³-hybridized carbons (Fsp3) is 0.138. The van der Waals surface area contributed by atoms with Crippen molar-refractivity contribution in [3.8, 4) is 11.5 Å². The van der Waals surface area contributed by atoms with Crippen molar-refractivity contribution in [3.63, 3.8) is 0 Å². The fourth-order valence-corrected chi connectivity index (χ4v) is 4.46. The predicted octanol–water partition coefficient (Wildman–Crippen LogP) is 4.46. The summed E-state index contributed by atoms with van der Waals surface area (Å²) in [6.07, 6.45) is 1.27. The van der Waals surface area contributed by atoms with Gasteiger partial charge in [0, 0.05) is 0 Å². The number of esters is 1. The molecule has 2 N–H and O–H groups in total. The number of barbiturate groups is 1. The number of urea groups is 1. The van der Waals surface area contributed by atoms with Crippen LogP contribution >= 0.6 is 15.9 Å². The Morgan fingerprint density at radius 1 is 1.05 bits per heavy atom. The summed E-state index contributed by atoms with van der Waals surface area (Å²) < 4.78 is 30.1. The molecular formula is C29H23BrFN3O8. The summed E-state index contributed by atoms with van der Waals surface area (Å²) in [6, 6.07) is 13.2. The molecule has 0 radical (unpaired) electrons. The normalized spacial score (nSPS) is 14.0. The van der Waals surface area contributed by atoms with Gasteiger partial charge in [-0.2, -0.15) is 0 Å². The number of amides is 5. The van der Waals surface area contributed by atoms with E-state index in [0.717, 1.165) is 4.90 Å². The summed E-state index contributed by atoms with van der Waals surface area (Å²) in [7, 11) is 1.22. The van der Waals surface area contributed by atoms with Gasteiger partial charge in [0.15, 0.2) is 18.1 Å². The van der Waals surface area contributed by atoms with Crippen molar-refractivity contribution in [2.75, 3.05) is 30.5 Å². The smallest absolute Gasteiger partial charge is 0.337 e. The molecule has 0 bridgehead atoms. The molecule has 0 spiro atoms.